The van der Waals surface area contributed by atoms with Gasteiger partial charge in [0, 0.05) is 35.5 Å². The van der Waals surface area contributed by atoms with Crippen LogP contribution in [0.15, 0.2) is 18.2 Å². The molecule has 0 bridgehead atoms. The molecule has 0 atom stereocenters. The number of methoxy groups -OCH3 is 1. The van der Waals surface area contributed by atoms with E-state index < -0.39 is 5.54 Å². The van der Waals surface area contributed by atoms with Crippen LogP contribution >= 0.6 is 0 Å². The summed E-state index contributed by atoms with van der Waals surface area (Å²) < 4.78 is 5.12. The van der Waals surface area contributed by atoms with Crippen molar-refractivity contribution in [1.82, 2.24) is 0 Å². The first-order valence-corrected chi connectivity index (χ1v) is 5.33. The van der Waals surface area contributed by atoms with Gasteiger partial charge in [0.15, 0.2) is 0 Å². The number of benzene rings is 1. The minimum absolute atomic E-state index is 0.240. The van der Waals surface area contributed by atoms with Gasteiger partial charge in [-0.25, -0.2) is 0 Å². The van der Waals surface area contributed by atoms with E-state index in [0.717, 1.165) is 5.69 Å². The second-order valence-electron chi connectivity index (χ2n) is 4.65. The molecule has 5 nitrogen and oxygen atoms in total. The van der Waals surface area contributed by atoms with Crippen molar-refractivity contribution in [2.45, 2.75) is 25.8 Å². The predicted octanol–water partition coefficient (Wildman–Crippen LogP) is 1.34. The number of hydrogen-bond acceptors (Lipinski definition) is 4. The van der Waals surface area contributed by atoms with Gasteiger partial charge in [0.2, 0.25) is 5.91 Å². The van der Waals surface area contributed by atoms with Gasteiger partial charge in [-0.05, 0) is 19.9 Å². The molecule has 1 aromatic rings. The first-order valence-electron chi connectivity index (χ1n) is 5.33. The molecule has 94 valence electrons. The van der Waals surface area contributed by atoms with E-state index in [1.54, 1.807) is 19.2 Å². The lowest BCUT2D eigenvalue weighted by molar-refractivity contribution is -0.118. The molecule has 1 rings (SSSR count). The monoisotopic (exact) mass is 237 g/mol. The summed E-state index contributed by atoms with van der Waals surface area (Å²) in [4.78, 5) is 10.9. The fraction of sp³-hybridized carbons (Fsp3) is 0.417. The van der Waals surface area contributed by atoms with Crippen molar-refractivity contribution in [3.8, 4) is 5.75 Å². The van der Waals surface area contributed by atoms with Gasteiger partial charge in [-0.15, -0.1) is 0 Å². The van der Waals surface area contributed by atoms with Gasteiger partial charge in [0.1, 0.15) is 5.75 Å². The summed E-state index contributed by atoms with van der Waals surface area (Å²) >= 11 is 0. The Bertz CT molecular complexity index is 416. The molecule has 1 aromatic carbocycles. The van der Waals surface area contributed by atoms with E-state index in [1.807, 2.05) is 19.9 Å². The van der Waals surface area contributed by atoms with E-state index in [1.165, 1.54) is 0 Å². The van der Waals surface area contributed by atoms with Crippen LogP contribution in [0.3, 0.4) is 0 Å². The molecule has 17 heavy (non-hydrogen) atoms. The zero-order chi connectivity index (χ0) is 13.1. The van der Waals surface area contributed by atoms with Crippen molar-refractivity contribution in [2.24, 2.45) is 5.73 Å². The first kappa shape index (κ1) is 13.2. The third-order valence-corrected chi connectivity index (χ3v) is 2.26. The molecule has 0 fully saturated rings. The number of anilines is 2. The van der Waals surface area contributed by atoms with Crippen molar-refractivity contribution in [3.05, 3.63) is 18.2 Å². The molecule has 0 unspecified atom stereocenters. The summed E-state index contributed by atoms with van der Waals surface area (Å²) in [6.07, 6.45) is 0.240. The Morgan fingerprint density at radius 2 is 2.06 bits per heavy atom. The van der Waals surface area contributed by atoms with Gasteiger partial charge in [0.05, 0.1) is 7.11 Å². The lowest BCUT2D eigenvalue weighted by atomic mass is 10.00. The summed E-state index contributed by atoms with van der Waals surface area (Å²) in [6, 6.07) is 5.33. The van der Waals surface area contributed by atoms with E-state index in [0.29, 0.717) is 11.4 Å². The number of hydrogen-bond donors (Lipinski definition) is 3. The van der Waals surface area contributed by atoms with E-state index in [9.17, 15) is 4.79 Å². The molecule has 0 aromatic heterocycles. The van der Waals surface area contributed by atoms with Crippen LogP contribution in [-0.4, -0.2) is 18.6 Å². The average Bonchev–Trinajstić information content (AvgIpc) is 2.13. The Hall–Kier alpha value is -1.91. The molecule has 0 saturated heterocycles. The second kappa shape index (κ2) is 4.95. The Morgan fingerprint density at radius 3 is 2.59 bits per heavy atom. The zero-order valence-corrected chi connectivity index (χ0v) is 10.4. The number of nitrogens with two attached hydrogens (primary N) is 2. The van der Waals surface area contributed by atoms with Crippen LogP contribution < -0.4 is 21.5 Å². The summed E-state index contributed by atoms with van der Waals surface area (Å²) in [5.74, 6) is 0.320. The maximum Gasteiger partial charge on any atom is 0.219 e. The van der Waals surface area contributed by atoms with Gasteiger partial charge in [-0.2, -0.15) is 0 Å². The highest BCUT2D eigenvalue weighted by Gasteiger charge is 2.20. The smallest absolute Gasteiger partial charge is 0.219 e. The summed E-state index contributed by atoms with van der Waals surface area (Å²) in [5, 5.41) is 3.20. The minimum Gasteiger partial charge on any atom is -0.497 e. The quantitative estimate of drug-likeness (QED) is 0.674. The molecule has 0 aliphatic carbocycles. The molecule has 1 amide bonds. The molecule has 0 aliphatic rings. The molecular formula is C12H19N3O2. The fourth-order valence-corrected chi connectivity index (χ4v) is 1.68. The van der Waals surface area contributed by atoms with E-state index in [2.05, 4.69) is 5.32 Å². The van der Waals surface area contributed by atoms with Crippen LogP contribution in [0.1, 0.15) is 20.3 Å². The van der Waals surface area contributed by atoms with E-state index in [4.69, 9.17) is 16.2 Å². The van der Waals surface area contributed by atoms with Crippen molar-refractivity contribution < 1.29 is 9.53 Å². The Kier molecular flexibility index (Phi) is 3.83. The van der Waals surface area contributed by atoms with Crippen LogP contribution in [0, 0.1) is 0 Å². The summed E-state index contributed by atoms with van der Waals surface area (Å²) in [6.45, 7) is 3.79. The predicted molar refractivity (Wildman–Crippen MR) is 68.9 cm³/mol. The van der Waals surface area contributed by atoms with Crippen LogP contribution in [-0.2, 0) is 4.79 Å². The molecular weight excluding hydrogens is 218 g/mol. The van der Waals surface area contributed by atoms with Gasteiger partial charge in [-0.3, -0.25) is 4.79 Å². The first-order chi connectivity index (χ1) is 7.82. The van der Waals surface area contributed by atoms with E-state index in [-0.39, 0.29) is 12.3 Å². The number of rotatable bonds is 5. The molecule has 0 saturated carbocycles. The van der Waals surface area contributed by atoms with Gasteiger partial charge in [0.25, 0.3) is 0 Å². The Labute approximate surface area is 101 Å². The SMILES string of the molecule is COc1cc(N)cc(NC(C)(C)CC(N)=O)c1. The maximum atomic E-state index is 10.9. The highest BCUT2D eigenvalue weighted by atomic mass is 16.5. The number of carbonyl (C=O) groups is 1. The molecule has 5 heteroatoms. The van der Waals surface area contributed by atoms with Crippen molar-refractivity contribution in [1.29, 1.82) is 0 Å². The Morgan fingerprint density at radius 1 is 1.41 bits per heavy atom. The highest BCUT2D eigenvalue weighted by molar-refractivity contribution is 5.76. The number of nitrogens with one attached hydrogen (secondary N) is 1. The Balaban J connectivity index is 2.87. The summed E-state index contributed by atoms with van der Waals surface area (Å²) in [7, 11) is 1.58. The average molecular weight is 237 g/mol. The molecule has 0 aliphatic heterocycles. The standard InChI is InChI=1S/C12H19N3O2/c1-12(2,7-11(14)16)15-9-4-8(13)5-10(6-9)17-3/h4-6,15H,7,13H2,1-3H3,(H2,14,16). The summed E-state index contributed by atoms with van der Waals surface area (Å²) in [5.41, 5.74) is 11.9. The third-order valence-electron chi connectivity index (χ3n) is 2.26. The number of ether oxygens (including phenoxy) is 1. The zero-order valence-electron chi connectivity index (χ0n) is 10.4. The normalized spacial score (nSPS) is 11.0. The second-order valence-corrected chi connectivity index (χ2v) is 4.65. The number of primary amides is 1. The molecule has 0 heterocycles. The lowest BCUT2D eigenvalue weighted by Crippen LogP contribution is -2.36. The third kappa shape index (κ3) is 4.22. The van der Waals surface area contributed by atoms with Crippen LogP contribution in [0.25, 0.3) is 0 Å². The number of nitrogen functional groups attached to an aromatic ring is 1. The van der Waals surface area contributed by atoms with Gasteiger partial charge < -0.3 is 21.5 Å². The number of carbonyl (C=O) groups excluding carboxylic acids is 1. The minimum atomic E-state index is -0.426. The van der Waals surface area contributed by atoms with E-state index >= 15 is 0 Å². The van der Waals surface area contributed by atoms with Crippen LogP contribution in [0.4, 0.5) is 11.4 Å². The fourth-order valence-electron chi connectivity index (χ4n) is 1.68. The molecule has 0 radical (unpaired) electrons. The lowest BCUT2D eigenvalue weighted by Gasteiger charge is -2.26. The van der Waals surface area contributed by atoms with Gasteiger partial charge >= 0.3 is 0 Å². The van der Waals surface area contributed by atoms with Gasteiger partial charge in [-0.1, -0.05) is 0 Å². The van der Waals surface area contributed by atoms with Crippen LogP contribution in [0.2, 0.25) is 0 Å². The highest BCUT2D eigenvalue weighted by Crippen LogP contribution is 2.25. The molecule has 5 N–H and O–H groups in total. The van der Waals surface area contributed by atoms with Crippen molar-refractivity contribution >= 4 is 17.3 Å². The topological polar surface area (TPSA) is 90.4 Å². The van der Waals surface area contributed by atoms with Crippen molar-refractivity contribution in [2.75, 3.05) is 18.2 Å². The largest absolute Gasteiger partial charge is 0.497 e. The van der Waals surface area contributed by atoms with Crippen LogP contribution in [0.5, 0.6) is 5.75 Å². The maximum absolute atomic E-state index is 10.9. The molecule has 0 spiro atoms. The number of amides is 1. The van der Waals surface area contributed by atoms with Crippen molar-refractivity contribution in [3.63, 3.8) is 0 Å².